The van der Waals surface area contributed by atoms with Gasteiger partial charge in [-0.3, -0.25) is 19.8 Å². The lowest BCUT2D eigenvalue weighted by atomic mass is 10.0. The Bertz CT molecular complexity index is 1200. The van der Waals surface area contributed by atoms with Crippen LogP contribution in [0.2, 0.25) is 0 Å². The molecular formula is C26H22N4O. The molecule has 0 saturated carbocycles. The third kappa shape index (κ3) is 5.08. The molecule has 4 rings (SSSR count). The second kappa shape index (κ2) is 9.59. The molecule has 0 aliphatic rings. The number of carbonyl (C=O) groups excluding carboxylic acids is 1. The lowest BCUT2D eigenvalue weighted by molar-refractivity contribution is 0.0992. The fraction of sp³-hybridized carbons (Fsp3) is 0.0769. The number of anilines is 1. The number of hydrogen-bond donors (Lipinski definition) is 1. The van der Waals surface area contributed by atoms with Gasteiger partial charge in [0, 0.05) is 47.0 Å². The molecule has 2 aromatic heterocycles. The van der Waals surface area contributed by atoms with Gasteiger partial charge in [-0.05, 0) is 42.5 Å². The Balaban J connectivity index is 1.74. The quantitative estimate of drug-likeness (QED) is 0.270. The third-order valence-electron chi connectivity index (χ3n) is 4.87. The molecule has 0 unspecified atom stereocenters. The smallest absolute Gasteiger partial charge is 0.170 e. The highest BCUT2D eigenvalue weighted by atomic mass is 16.1. The molecule has 0 radical (unpaired) electrons. The molecule has 2 aromatic carbocycles. The monoisotopic (exact) mass is 406 g/mol. The molecule has 152 valence electrons. The van der Waals surface area contributed by atoms with Gasteiger partial charge in [-0.1, -0.05) is 42.5 Å². The Hall–Kier alpha value is -4.12. The van der Waals surface area contributed by atoms with E-state index in [1.165, 1.54) is 0 Å². The standard InChI is InChI=1S/C26H22N4O/c27-23-13-3-1-11-21(23)25(17-19-9-5-7-15-28-19)30-24-14-4-2-12-22(24)26(31)18-20-10-6-8-16-29-20/h1-16H,17-18,27H2. The summed E-state index contributed by atoms with van der Waals surface area (Å²) in [6.45, 7) is 0. The number of Topliss-reactive ketones (excluding diaryl/α,β-unsaturated/α-hetero) is 1. The van der Waals surface area contributed by atoms with Gasteiger partial charge < -0.3 is 5.73 Å². The largest absolute Gasteiger partial charge is 0.398 e. The first-order chi connectivity index (χ1) is 15.2. The maximum atomic E-state index is 13.0. The molecule has 31 heavy (non-hydrogen) atoms. The Morgan fingerprint density at radius 2 is 1.29 bits per heavy atom. The lowest BCUT2D eigenvalue weighted by Gasteiger charge is -2.11. The summed E-state index contributed by atoms with van der Waals surface area (Å²) in [5, 5.41) is 0. The average molecular weight is 406 g/mol. The van der Waals surface area contributed by atoms with Gasteiger partial charge in [0.1, 0.15) is 0 Å². The molecule has 0 saturated heterocycles. The van der Waals surface area contributed by atoms with Gasteiger partial charge in [0.2, 0.25) is 0 Å². The molecule has 0 aliphatic carbocycles. The molecule has 2 N–H and O–H groups in total. The van der Waals surface area contributed by atoms with Crippen molar-refractivity contribution in [1.82, 2.24) is 9.97 Å². The van der Waals surface area contributed by atoms with Crippen LogP contribution in [-0.2, 0) is 12.8 Å². The predicted octanol–water partition coefficient (Wildman–Crippen LogP) is 4.85. The third-order valence-corrected chi connectivity index (χ3v) is 4.87. The van der Waals surface area contributed by atoms with E-state index in [1.54, 1.807) is 18.5 Å². The van der Waals surface area contributed by atoms with Crippen LogP contribution < -0.4 is 5.73 Å². The van der Waals surface area contributed by atoms with Gasteiger partial charge in [0.05, 0.1) is 17.8 Å². The zero-order valence-electron chi connectivity index (χ0n) is 17.0. The van der Waals surface area contributed by atoms with Crippen molar-refractivity contribution in [3.05, 3.63) is 120 Å². The number of para-hydroxylation sites is 2. The van der Waals surface area contributed by atoms with Crippen molar-refractivity contribution < 1.29 is 4.79 Å². The van der Waals surface area contributed by atoms with Gasteiger partial charge in [-0.25, -0.2) is 0 Å². The number of ketones is 1. The molecule has 0 spiro atoms. The Labute approximate surface area is 181 Å². The molecule has 0 bridgehead atoms. The summed E-state index contributed by atoms with van der Waals surface area (Å²) in [6.07, 6.45) is 4.16. The maximum Gasteiger partial charge on any atom is 0.170 e. The number of rotatable bonds is 7. The fourth-order valence-corrected chi connectivity index (χ4v) is 3.34. The summed E-state index contributed by atoms with van der Waals surface area (Å²) in [5.41, 5.74) is 11.2. The first kappa shape index (κ1) is 20.2. The van der Waals surface area contributed by atoms with E-state index in [4.69, 9.17) is 10.7 Å². The fourth-order valence-electron chi connectivity index (χ4n) is 3.34. The van der Waals surface area contributed by atoms with Crippen LogP contribution in [0.15, 0.2) is 102 Å². The molecule has 5 heteroatoms. The van der Waals surface area contributed by atoms with Crippen molar-refractivity contribution >= 4 is 22.9 Å². The van der Waals surface area contributed by atoms with Crippen molar-refractivity contribution in [3.63, 3.8) is 0 Å². The molecule has 0 amide bonds. The summed E-state index contributed by atoms with van der Waals surface area (Å²) >= 11 is 0. The van der Waals surface area contributed by atoms with Gasteiger partial charge in [-0.15, -0.1) is 0 Å². The molecule has 5 nitrogen and oxygen atoms in total. The number of aliphatic imine (C=N–C) groups is 1. The number of nitrogens with two attached hydrogens (primary N) is 1. The van der Waals surface area contributed by atoms with Crippen molar-refractivity contribution in [2.75, 3.05) is 5.73 Å². The van der Waals surface area contributed by atoms with E-state index in [0.717, 1.165) is 22.7 Å². The number of nitrogens with zero attached hydrogens (tertiary/aromatic N) is 3. The van der Waals surface area contributed by atoms with E-state index < -0.39 is 0 Å². The molecular weight excluding hydrogens is 384 g/mol. The number of nitrogen functional groups attached to an aromatic ring is 1. The van der Waals surface area contributed by atoms with Crippen LogP contribution in [0.3, 0.4) is 0 Å². The SMILES string of the molecule is Nc1ccccc1C(Cc1ccccn1)=Nc1ccccc1C(=O)Cc1ccccn1. The second-order valence-electron chi connectivity index (χ2n) is 7.08. The van der Waals surface area contributed by atoms with Gasteiger partial charge in [0.15, 0.2) is 5.78 Å². The van der Waals surface area contributed by atoms with Crippen molar-refractivity contribution in [1.29, 1.82) is 0 Å². The van der Waals surface area contributed by atoms with Crippen LogP contribution in [0.5, 0.6) is 0 Å². The van der Waals surface area contributed by atoms with Crippen LogP contribution in [0.4, 0.5) is 11.4 Å². The molecule has 0 atom stereocenters. The summed E-state index contributed by atoms with van der Waals surface area (Å²) in [4.78, 5) is 26.6. The highest BCUT2D eigenvalue weighted by Gasteiger charge is 2.15. The number of aromatic nitrogens is 2. The Morgan fingerprint density at radius 1 is 0.710 bits per heavy atom. The van der Waals surface area contributed by atoms with Crippen molar-refractivity contribution in [3.8, 4) is 0 Å². The van der Waals surface area contributed by atoms with E-state index in [-0.39, 0.29) is 12.2 Å². The summed E-state index contributed by atoms with van der Waals surface area (Å²) in [5.74, 6) is -0.0312. The number of pyridine rings is 2. The highest BCUT2D eigenvalue weighted by molar-refractivity contribution is 6.09. The average Bonchev–Trinajstić information content (AvgIpc) is 2.81. The lowest BCUT2D eigenvalue weighted by Crippen LogP contribution is -2.10. The van der Waals surface area contributed by atoms with Crippen LogP contribution in [0.25, 0.3) is 0 Å². The summed E-state index contributed by atoms with van der Waals surface area (Å²) in [6, 6.07) is 26.3. The molecule has 0 fully saturated rings. The van der Waals surface area contributed by atoms with E-state index in [2.05, 4.69) is 9.97 Å². The van der Waals surface area contributed by atoms with E-state index >= 15 is 0 Å². The minimum atomic E-state index is -0.0312. The minimum Gasteiger partial charge on any atom is -0.398 e. The Morgan fingerprint density at radius 3 is 1.94 bits per heavy atom. The highest BCUT2D eigenvalue weighted by Crippen LogP contribution is 2.24. The van der Waals surface area contributed by atoms with E-state index in [9.17, 15) is 4.79 Å². The molecule has 2 heterocycles. The number of carbonyl (C=O) groups is 1. The second-order valence-corrected chi connectivity index (χ2v) is 7.08. The van der Waals surface area contributed by atoms with Crippen LogP contribution in [0.1, 0.15) is 27.3 Å². The first-order valence-corrected chi connectivity index (χ1v) is 10.0. The summed E-state index contributed by atoms with van der Waals surface area (Å²) in [7, 11) is 0. The molecule has 4 aromatic rings. The Kier molecular flexibility index (Phi) is 6.24. The summed E-state index contributed by atoms with van der Waals surface area (Å²) < 4.78 is 0. The van der Waals surface area contributed by atoms with Gasteiger partial charge in [-0.2, -0.15) is 0 Å². The van der Waals surface area contributed by atoms with E-state index in [1.807, 2.05) is 78.9 Å². The van der Waals surface area contributed by atoms with Crippen molar-refractivity contribution in [2.24, 2.45) is 4.99 Å². The normalized spacial score (nSPS) is 11.3. The van der Waals surface area contributed by atoms with Crippen LogP contribution in [-0.4, -0.2) is 21.5 Å². The number of benzene rings is 2. The zero-order valence-corrected chi connectivity index (χ0v) is 17.0. The van der Waals surface area contributed by atoms with Crippen LogP contribution in [0, 0.1) is 0 Å². The van der Waals surface area contributed by atoms with Gasteiger partial charge >= 0.3 is 0 Å². The maximum absolute atomic E-state index is 13.0. The minimum absolute atomic E-state index is 0.0312. The number of hydrogen-bond acceptors (Lipinski definition) is 5. The topological polar surface area (TPSA) is 81.2 Å². The van der Waals surface area contributed by atoms with E-state index in [0.29, 0.717) is 23.4 Å². The first-order valence-electron chi connectivity index (χ1n) is 10.0. The predicted molar refractivity (Wildman–Crippen MR) is 124 cm³/mol. The van der Waals surface area contributed by atoms with Crippen molar-refractivity contribution in [2.45, 2.75) is 12.8 Å². The van der Waals surface area contributed by atoms with Crippen LogP contribution >= 0.6 is 0 Å². The van der Waals surface area contributed by atoms with Gasteiger partial charge in [0.25, 0.3) is 0 Å². The molecule has 0 aliphatic heterocycles. The zero-order chi connectivity index (χ0) is 21.5.